The lowest BCUT2D eigenvalue weighted by molar-refractivity contribution is -0.870. The maximum atomic E-state index is 13.6. The number of hydrogen-bond donors (Lipinski definition) is 1. The summed E-state index contributed by atoms with van der Waals surface area (Å²) in [6.45, 7) is 6.87. The highest BCUT2D eigenvalue weighted by molar-refractivity contribution is 7.45. The molecule has 0 bridgehead atoms. The summed E-state index contributed by atoms with van der Waals surface area (Å²) in [4.78, 5) is 40.1. The highest BCUT2D eigenvalue weighted by atomic mass is 31.2. The molecule has 484 valence electrons. The third kappa shape index (κ3) is 62.8. The molecule has 1 amide bonds. The van der Waals surface area contributed by atoms with E-state index in [1.807, 2.05) is 33.3 Å². The van der Waals surface area contributed by atoms with Gasteiger partial charge in [0, 0.05) is 12.8 Å². The van der Waals surface area contributed by atoms with E-state index in [1.165, 1.54) is 250 Å². The zero-order chi connectivity index (χ0) is 60.0. The van der Waals surface area contributed by atoms with Gasteiger partial charge in [-0.05, 0) is 63.9 Å². The number of phosphoric acid groups is 1. The molecular formula is C72H139N2O7P. The molecule has 3 unspecified atom stereocenters. The van der Waals surface area contributed by atoms with E-state index in [0.717, 1.165) is 77.0 Å². The quantitative estimate of drug-likeness (QED) is 0.0212. The van der Waals surface area contributed by atoms with Crippen molar-refractivity contribution in [3.63, 3.8) is 0 Å². The molecule has 0 heterocycles. The Kier molecular flexibility index (Phi) is 60.9. The van der Waals surface area contributed by atoms with E-state index in [4.69, 9.17) is 13.8 Å². The standard InChI is InChI=1S/C72H139N2O7P/c1-7-10-13-16-19-22-25-28-30-32-33-34-35-36-37-38-39-40-41-43-45-47-50-53-56-59-62-65-72(76)81-70(63-60-57-54-51-48-27-24-21-18-15-12-9-3)69(68-80-82(77,78)79-67-66-74(4,5)6)73-71(75)64-61-58-55-52-49-46-44-42-31-29-26-23-20-17-14-11-8-2/h20,23,29,31,60,63,69-70H,7-19,21-22,24-28,30,32-59,61-62,64-68H2,1-6H3,(H-,73,75,77,78)/b23-20-,31-29-,63-60-. The normalized spacial score (nSPS) is 13.7. The van der Waals surface area contributed by atoms with Crippen LogP contribution in [0.25, 0.3) is 0 Å². The Balaban J connectivity index is 4.97. The molecule has 3 atom stereocenters. The van der Waals surface area contributed by atoms with E-state index in [-0.39, 0.29) is 31.5 Å². The van der Waals surface area contributed by atoms with Crippen molar-refractivity contribution in [3.8, 4) is 0 Å². The Labute approximate surface area is 510 Å². The van der Waals surface area contributed by atoms with E-state index >= 15 is 0 Å². The second-order valence-electron chi connectivity index (χ2n) is 25.7. The smallest absolute Gasteiger partial charge is 0.306 e. The number of rotatable bonds is 66. The monoisotopic (exact) mass is 1180 g/mol. The van der Waals surface area contributed by atoms with Crippen molar-refractivity contribution in [2.45, 2.75) is 373 Å². The van der Waals surface area contributed by atoms with E-state index in [2.05, 4.69) is 50.4 Å². The highest BCUT2D eigenvalue weighted by Gasteiger charge is 2.27. The number of amides is 1. The summed E-state index contributed by atoms with van der Waals surface area (Å²) < 4.78 is 30.4. The van der Waals surface area contributed by atoms with Gasteiger partial charge in [-0.1, -0.05) is 321 Å². The van der Waals surface area contributed by atoms with Crippen molar-refractivity contribution in [2.75, 3.05) is 40.9 Å². The Morgan fingerprint density at radius 1 is 0.427 bits per heavy atom. The number of nitrogens with zero attached hydrogens (tertiary/aromatic N) is 1. The van der Waals surface area contributed by atoms with Crippen molar-refractivity contribution in [2.24, 2.45) is 0 Å². The van der Waals surface area contributed by atoms with Crippen molar-refractivity contribution in [1.29, 1.82) is 0 Å². The van der Waals surface area contributed by atoms with Crippen molar-refractivity contribution in [3.05, 3.63) is 36.5 Å². The summed E-state index contributed by atoms with van der Waals surface area (Å²) in [6, 6.07) is -0.890. The van der Waals surface area contributed by atoms with Gasteiger partial charge in [-0.2, -0.15) is 0 Å². The molecule has 0 saturated heterocycles. The largest absolute Gasteiger partial charge is 0.756 e. The van der Waals surface area contributed by atoms with E-state index in [0.29, 0.717) is 17.4 Å². The van der Waals surface area contributed by atoms with E-state index in [1.54, 1.807) is 0 Å². The predicted molar refractivity (Wildman–Crippen MR) is 353 cm³/mol. The average Bonchev–Trinajstić information content (AvgIpc) is 3.44. The molecular weight excluding hydrogens is 1040 g/mol. The topological polar surface area (TPSA) is 114 Å². The molecule has 1 N–H and O–H groups in total. The van der Waals surface area contributed by atoms with Crippen LogP contribution in [0.4, 0.5) is 0 Å². The first kappa shape index (κ1) is 80.2. The molecule has 0 fully saturated rings. The lowest BCUT2D eigenvalue weighted by Gasteiger charge is -2.30. The highest BCUT2D eigenvalue weighted by Crippen LogP contribution is 2.38. The molecule has 82 heavy (non-hydrogen) atoms. The van der Waals surface area contributed by atoms with Gasteiger partial charge >= 0.3 is 5.97 Å². The average molecular weight is 1180 g/mol. The van der Waals surface area contributed by atoms with Crippen LogP contribution in [0.3, 0.4) is 0 Å². The SMILES string of the molecule is CCCCC/C=C\C/C=C\CCCCCCCCCC(=O)NC(COP(=O)([O-])OCC[N+](C)(C)C)C(/C=C\CCCCCCCCCCCC)OC(=O)CCCCCCCCCCCCCCCCCCCCCCCCCCCCC. The van der Waals surface area contributed by atoms with Gasteiger partial charge in [-0.25, -0.2) is 0 Å². The fourth-order valence-electron chi connectivity index (χ4n) is 10.8. The van der Waals surface area contributed by atoms with Gasteiger partial charge in [-0.3, -0.25) is 14.2 Å². The molecule has 0 spiro atoms. The third-order valence-corrected chi connectivity index (χ3v) is 17.3. The van der Waals surface area contributed by atoms with Gasteiger partial charge in [0.05, 0.1) is 33.8 Å². The Bertz CT molecular complexity index is 1500. The van der Waals surface area contributed by atoms with Gasteiger partial charge in [0.25, 0.3) is 7.82 Å². The number of allylic oxidation sites excluding steroid dienone is 5. The Morgan fingerprint density at radius 3 is 1.12 bits per heavy atom. The predicted octanol–water partition coefficient (Wildman–Crippen LogP) is 22.0. The number of hydrogen-bond acceptors (Lipinski definition) is 7. The van der Waals surface area contributed by atoms with Crippen LogP contribution in [0.5, 0.6) is 0 Å². The van der Waals surface area contributed by atoms with Gasteiger partial charge in [0.2, 0.25) is 5.91 Å². The summed E-state index contributed by atoms with van der Waals surface area (Å²) in [5, 5.41) is 3.04. The molecule has 0 rings (SSSR count). The molecule has 0 aromatic carbocycles. The molecule has 0 radical (unpaired) electrons. The lowest BCUT2D eigenvalue weighted by atomic mass is 10.0. The first-order chi connectivity index (χ1) is 39.9. The van der Waals surface area contributed by atoms with Crippen molar-refractivity contribution in [1.82, 2.24) is 5.32 Å². The number of carbonyl (C=O) groups is 2. The fraction of sp³-hybridized carbons (Fsp3) is 0.889. The van der Waals surface area contributed by atoms with Gasteiger partial charge in [0.15, 0.2) is 0 Å². The minimum Gasteiger partial charge on any atom is -0.756 e. The van der Waals surface area contributed by atoms with Crippen molar-refractivity contribution < 1.29 is 37.3 Å². The summed E-state index contributed by atoms with van der Waals surface area (Å²) in [7, 11) is 1.19. The molecule has 0 aliphatic heterocycles. The number of nitrogens with one attached hydrogen (secondary N) is 1. The number of phosphoric ester groups is 1. The summed E-state index contributed by atoms with van der Waals surface area (Å²) in [5.41, 5.74) is 0. The number of ether oxygens (including phenoxy) is 1. The van der Waals surface area contributed by atoms with Gasteiger partial charge < -0.3 is 28.5 Å². The summed E-state index contributed by atoms with van der Waals surface area (Å²) in [5.74, 6) is -0.532. The van der Waals surface area contributed by atoms with Gasteiger partial charge in [-0.15, -0.1) is 0 Å². The number of likely N-dealkylation sites (N-methyl/N-ethyl adjacent to an activating group) is 1. The van der Waals surface area contributed by atoms with Gasteiger partial charge in [0.1, 0.15) is 19.3 Å². The minimum atomic E-state index is -4.70. The minimum absolute atomic E-state index is 0.0215. The number of unbranched alkanes of at least 4 members (excludes halogenated alkanes) is 46. The molecule has 0 aliphatic carbocycles. The van der Waals surface area contributed by atoms with Crippen LogP contribution in [-0.2, 0) is 27.9 Å². The second-order valence-corrected chi connectivity index (χ2v) is 27.2. The maximum Gasteiger partial charge on any atom is 0.306 e. The fourth-order valence-corrected chi connectivity index (χ4v) is 11.5. The first-order valence-corrected chi connectivity index (χ1v) is 37.3. The summed E-state index contributed by atoms with van der Waals surface area (Å²) >= 11 is 0. The number of esters is 1. The Morgan fingerprint density at radius 2 is 0.744 bits per heavy atom. The first-order valence-electron chi connectivity index (χ1n) is 35.8. The number of quaternary nitrogens is 1. The van der Waals surface area contributed by atoms with E-state index < -0.39 is 20.0 Å². The molecule has 0 aromatic heterocycles. The van der Waals surface area contributed by atoms with Crippen LogP contribution < -0.4 is 10.2 Å². The molecule has 0 aromatic rings. The third-order valence-electron chi connectivity index (χ3n) is 16.3. The molecule has 10 heteroatoms. The van der Waals surface area contributed by atoms with Crippen LogP contribution in [0.2, 0.25) is 0 Å². The molecule has 0 aliphatic rings. The van der Waals surface area contributed by atoms with Crippen LogP contribution in [-0.4, -0.2) is 69.4 Å². The molecule has 0 saturated carbocycles. The molecule has 9 nitrogen and oxygen atoms in total. The van der Waals surface area contributed by atoms with Crippen LogP contribution in [0.1, 0.15) is 361 Å². The second kappa shape index (κ2) is 62.3. The lowest BCUT2D eigenvalue weighted by Crippen LogP contribution is -2.47. The zero-order valence-electron chi connectivity index (χ0n) is 55.5. The van der Waals surface area contributed by atoms with Crippen LogP contribution in [0.15, 0.2) is 36.5 Å². The van der Waals surface area contributed by atoms with Crippen molar-refractivity contribution >= 4 is 19.7 Å². The van der Waals surface area contributed by atoms with Crippen LogP contribution in [0, 0.1) is 0 Å². The Hall–Kier alpha value is -1.77. The van der Waals surface area contributed by atoms with E-state index in [9.17, 15) is 19.0 Å². The number of carbonyl (C=O) groups excluding carboxylic acids is 2. The summed E-state index contributed by atoms with van der Waals surface area (Å²) in [6.07, 6.45) is 77.1. The van der Waals surface area contributed by atoms with Crippen LogP contribution >= 0.6 is 7.82 Å². The zero-order valence-corrected chi connectivity index (χ0v) is 56.4. The maximum absolute atomic E-state index is 13.6.